The number of hydrogen-bond acceptors (Lipinski definition) is 7. The van der Waals surface area contributed by atoms with Gasteiger partial charge in [0.15, 0.2) is 0 Å². The Balaban J connectivity index is 1.49. The number of pyridine rings is 1. The largest absolute Gasteiger partial charge is 0.378 e. The monoisotopic (exact) mass is 327 g/mol. The Morgan fingerprint density at radius 3 is 3.00 bits per heavy atom. The summed E-state index contributed by atoms with van der Waals surface area (Å²) in [4.78, 5) is 16.6. The number of thiophene rings is 1. The minimum Gasteiger partial charge on any atom is -0.378 e. The van der Waals surface area contributed by atoms with Crippen LogP contribution in [0.25, 0.3) is 10.2 Å². The fourth-order valence-electron chi connectivity index (χ4n) is 2.64. The molecule has 1 fully saturated rings. The molecule has 6 nitrogen and oxygen atoms in total. The third-order valence-corrected chi connectivity index (χ3v) is 4.65. The maximum atomic E-state index is 5.40. The van der Waals surface area contributed by atoms with Gasteiger partial charge >= 0.3 is 0 Å². The molecule has 4 heterocycles. The number of nitrogens with one attached hydrogen (secondary N) is 1. The van der Waals surface area contributed by atoms with Gasteiger partial charge in [-0.2, -0.15) is 0 Å². The van der Waals surface area contributed by atoms with E-state index in [1.165, 1.54) is 0 Å². The van der Waals surface area contributed by atoms with Gasteiger partial charge in [-0.1, -0.05) is 6.07 Å². The van der Waals surface area contributed by atoms with Crippen molar-refractivity contribution in [2.45, 2.75) is 6.54 Å². The molecule has 0 amide bonds. The molecule has 0 spiro atoms. The van der Waals surface area contributed by atoms with Crippen molar-refractivity contribution >= 4 is 33.2 Å². The molecule has 0 atom stereocenters. The summed E-state index contributed by atoms with van der Waals surface area (Å²) in [7, 11) is 0. The predicted molar refractivity (Wildman–Crippen MR) is 92.0 cm³/mol. The Morgan fingerprint density at radius 2 is 2.09 bits per heavy atom. The lowest BCUT2D eigenvalue weighted by Gasteiger charge is -2.28. The van der Waals surface area contributed by atoms with Gasteiger partial charge in [-0.3, -0.25) is 0 Å². The zero-order chi connectivity index (χ0) is 15.5. The van der Waals surface area contributed by atoms with Gasteiger partial charge in [-0.25, -0.2) is 15.0 Å². The van der Waals surface area contributed by atoms with E-state index < -0.39 is 0 Å². The molecule has 23 heavy (non-hydrogen) atoms. The number of morpholine rings is 1. The van der Waals surface area contributed by atoms with Crippen LogP contribution in [0.2, 0.25) is 0 Å². The molecule has 4 rings (SSSR count). The van der Waals surface area contributed by atoms with Crippen LogP contribution >= 0.6 is 11.3 Å². The lowest BCUT2D eigenvalue weighted by atomic mass is 10.3. The molecule has 7 heteroatoms. The molecule has 118 valence electrons. The Hall–Kier alpha value is -2.25. The summed E-state index contributed by atoms with van der Waals surface area (Å²) in [5.41, 5.74) is 0.996. The van der Waals surface area contributed by atoms with Gasteiger partial charge in [0, 0.05) is 13.1 Å². The Kier molecular flexibility index (Phi) is 4.04. The van der Waals surface area contributed by atoms with Crippen molar-refractivity contribution < 1.29 is 4.74 Å². The summed E-state index contributed by atoms with van der Waals surface area (Å²) in [6.07, 6.45) is 1.60. The fraction of sp³-hybridized carbons (Fsp3) is 0.312. The van der Waals surface area contributed by atoms with E-state index in [-0.39, 0.29) is 0 Å². The first-order valence-electron chi connectivity index (χ1n) is 7.61. The molecule has 0 radical (unpaired) electrons. The number of nitrogens with zero attached hydrogens (tertiary/aromatic N) is 4. The Labute approximate surface area is 138 Å². The molecule has 0 aromatic carbocycles. The third-order valence-electron chi connectivity index (χ3n) is 3.83. The number of anilines is 2. The van der Waals surface area contributed by atoms with Crippen LogP contribution < -0.4 is 10.2 Å². The zero-order valence-electron chi connectivity index (χ0n) is 12.6. The van der Waals surface area contributed by atoms with Gasteiger partial charge < -0.3 is 15.0 Å². The molecular formula is C16H17N5OS. The topological polar surface area (TPSA) is 63.2 Å². The van der Waals surface area contributed by atoms with E-state index in [0.717, 1.165) is 53.8 Å². The van der Waals surface area contributed by atoms with E-state index in [0.29, 0.717) is 6.54 Å². The van der Waals surface area contributed by atoms with Crippen LogP contribution in [-0.4, -0.2) is 41.3 Å². The number of hydrogen-bond donors (Lipinski definition) is 1. The number of aromatic nitrogens is 3. The maximum Gasteiger partial charge on any atom is 0.138 e. The first-order valence-corrected chi connectivity index (χ1v) is 8.49. The molecule has 0 aliphatic carbocycles. The van der Waals surface area contributed by atoms with E-state index in [1.807, 2.05) is 17.5 Å². The quantitative estimate of drug-likeness (QED) is 0.794. The normalized spacial score (nSPS) is 15.0. The summed E-state index contributed by atoms with van der Waals surface area (Å²) in [5.74, 6) is 1.87. The SMILES string of the molecule is c1cc(CNc2ncnc3sccc23)nc(N2CCOCC2)c1. The molecule has 1 saturated heterocycles. The first kappa shape index (κ1) is 14.3. The highest BCUT2D eigenvalue weighted by molar-refractivity contribution is 7.16. The minimum absolute atomic E-state index is 0.639. The van der Waals surface area contributed by atoms with E-state index >= 15 is 0 Å². The zero-order valence-corrected chi connectivity index (χ0v) is 13.4. The molecular weight excluding hydrogens is 310 g/mol. The van der Waals surface area contributed by atoms with Gasteiger partial charge in [0.25, 0.3) is 0 Å². The van der Waals surface area contributed by atoms with Crippen molar-refractivity contribution in [3.05, 3.63) is 41.7 Å². The highest BCUT2D eigenvalue weighted by Gasteiger charge is 2.12. The van der Waals surface area contributed by atoms with Gasteiger partial charge in [0.2, 0.25) is 0 Å². The summed E-state index contributed by atoms with van der Waals surface area (Å²) in [6, 6.07) is 8.18. The second kappa shape index (κ2) is 6.47. The Bertz CT molecular complexity index is 800. The van der Waals surface area contributed by atoms with Crippen LogP contribution in [0.3, 0.4) is 0 Å². The number of fused-ring (bicyclic) bond motifs is 1. The molecule has 3 aromatic rings. The molecule has 1 N–H and O–H groups in total. The van der Waals surface area contributed by atoms with Gasteiger partial charge in [0.1, 0.15) is 22.8 Å². The molecule has 1 aliphatic rings. The van der Waals surface area contributed by atoms with E-state index in [2.05, 4.69) is 32.3 Å². The van der Waals surface area contributed by atoms with Crippen molar-refractivity contribution in [3.8, 4) is 0 Å². The molecule has 0 unspecified atom stereocenters. The summed E-state index contributed by atoms with van der Waals surface area (Å²) >= 11 is 1.62. The molecule has 0 bridgehead atoms. The van der Waals surface area contributed by atoms with E-state index in [1.54, 1.807) is 17.7 Å². The average Bonchev–Trinajstić information content (AvgIpc) is 3.10. The van der Waals surface area contributed by atoms with Crippen LogP contribution in [-0.2, 0) is 11.3 Å². The number of ether oxygens (including phenoxy) is 1. The fourth-order valence-corrected chi connectivity index (χ4v) is 3.37. The highest BCUT2D eigenvalue weighted by Crippen LogP contribution is 2.24. The standard InChI is InChI=1S/C16H17N5OS/c1-2-12(20-14(3-1)21-5-7-22-8-6-21)10-17-15-13-4-9-23-16(13)19-11-18-15/h1-4,9,11H,5-8,10H2,(H,17,18,19). The van der Waals surface area contributed by atoms with Crippen molar-refractivity contribution in [3.63, 3.8) is 0 Å². The van der Waals surface area contributed by atoms with Crippen LogP contribution in [0.1, 0.15) is 5.69 Å². The molecule has 0 saturated carbocycles. The lowest BCUT2D eigenvalue weighted by molar-refractivity contribution is 0.122. The third kappa shape index (κ3) is 3.11. The van der Waals surface area contributed by atoms with Crippen molar-refractivity contribution in [1.82, 2.24) is 15.0 Å². The van der Waals surface area contributed by atoms with E-state index in [4.69, 9.17) is 9.72 Å². The van der Waals surface area contributed by atoms with Crippen LogP contribution in [0.15, 0.2) is 36.0 Å². The van der Waals surface area contributed by atoms with Crippen molar-refractivity contribution in [2.75, 3.05) is 36.5 Å². The average molecular weight is 327 g/mol. The summed E-state index contributed by atoms with van der Waals surface area (Å²) in [5, 5.41) is 6.46. The van der Waals surface area contributed by atoms with Gasteiger partial charge in [0.05, 0.1) is 30.8 Å². The van der Waals surface area contributed by atoms with Crippen LogP contribution in [0.4, 0.5) is 11.6 Å². The van der Waals surface area contributed by atoms with Crippen molar-refractivity contribution in [2.24, 2.45) is 0 Å². The van der Waals surface area contributed by atoms with Crippen LogP contribution in [0, 0.1) is 0 Å². The van der Waals surface area contributed by atoms with E-state index in [9.17, 15) is 0 Å². The first-order chi connectivity index (χ1) is 11.4. The second-order valence-electron chi connectivity index (χ2n) is 5.30. The minimum atomic E-state index is 0.639. The Morgan fingerprint density at radius 1 is 1.17 bits per heavy atom. The highest BCUT2D eigenvalue weighted by atomic mass is 32.1. The summed E-state index contributed by atoms with van der Waals surface area (Å²) in [6.45, 7) is 3.96. The second-order valence-corrected chi connectivity index (χ2v) is 6.20. The molecule has 1 aliphatic heterocycles. The smallest absolute Gasteiger partial charge is 0.138 e. The van der Waals surface area contributed by atoms with Gasteiger partial charge in [-0.15, -0.1) is 11.3 Å². The number of rotatable bonds is 4. The summed E-state index contributed by atoms with van der Waals surface area (Å²) < 4.78 is 5.40. The van der Waals surface area contributed by atoms with Gasteiger partial charge in [-0.05, 0) is 23.6 Å². The lowest BCUT2D eigenvalue weighted by Crippen LogP contribution is -2.36. The molecule has 3 aromatic heterocycles. The predicted octanol–water partition coefficient (Wildman–Crippen LogP) is 2.54. The maximum absolute atomic E-state index is 5.40. The van der Waals surface area contributed by atoms with Crippen LogP contribution in [0.5, 0.6) is 0 Å². The van der Waals surface area contributed by atoms with Crippen molar-refractivity contribution in [1.29, 1.82) is 0 Å².